The molecule has 0 aliphatic carbocycles. The molecule has 0 spiro atoms. The average molecular weight is 346 g/mol. The second kappa shape index (κ2) is 7.08. The predicted molar refractivity (Wildman–Crippen MR) is 87.8 cm³/mol. The van der Waals surface area contributed by atoms with Crippen molar-refractivity contribution in [3.63, 3.8) is 0 Å². The van der Waals surface area contributed by atoms with E-state index in [0.717, 1.165) is 5.56 Å². The Morgan fingerprint density at radius 1 is 1.21 bits per heavy atom. The van der Waals surface area contributed by atoms with Gasteiger partial charge >= 0.3 is 0 Å². The first-order chi connectivity index (χ1) is 11.3. The van der Waals surface area contributed by atoms with Gasteiger partial charge in [-0.3, -0.25) is 10.1 Å². The molecule has 2 aromatic rings. The van der Waals surface area contributed by atoms with Crippen molar-refractivity contribution in [1.82, 2.24) is 0 Å². The van der Waals surface area contributed by atoms with E-state index in [0.29, 0.717) is 18.7 Å². The molecule has 8 nitrogen and oxygen atoms in total. The van der Waals surface area contributed by atoms with E-state index in [9.17, 15) is 18.5 Å². The number of nitrogens with one attached hydrogen (secondary N) is 1. The number of nitriles is 1. The predicted octanol–water partition coefficient (Wildman–Crippen LogP) is 1.77. The van der Waals surface area contributed by atoms with Gasteiger partial charge in [-0.1, -0.05) is 12.1 Å². The number of anilines is 1. The molecular formula is C15H14N4O4S. The number of rotatable bonds is 6. The fraction of sp³-hybridized carbons (Fsp3) is 0.133. The molecule has 0 unspecified atom stereocenters. The molecule has 0 atom stereocenters. The van der Waals surface area contributed by atoms with Gasteiger partial charge in [0.1, 0.15) is 5.69 Å². The third kappa shape index (κ3) is 4.28. The molecule has 0 amide bonds. The zero-order chi connectivity index (χ0) is 17.7. The number of hydrogen-bond donors (Lipinski definition) is 2. The molecule has 0 bridgehead atoms. The Morgan fingerprint density at radius 3 is 2.42 bits per heavy atom. The summed E-state index contributed by atoms with van der Waals surface area (Å²) in [6, 6.07) is 12.1. The van der Waals surface area contributed by atoms with Crippen LogP contribution in [-0.2, 0) is 16.4 Å². The SMILES string of the molecule is N#Cc1ccc(NCCc2ccc(S(N)(=O)=O)cc2)c([N+](=O)[O-])c1. The van der Waals surface area contributed by atoms with Crippen LogP contribution in [0.25, 0.3) is 0 Å². The zero-order valence-corrected chi connectivity index (χ0v) is 13.3. The van der Waals surface area contributed by atoms with E-state index >= 15 is 0 Å². The van der Waals surface area contributed by atoms with Crippen LogP contribution in [0.4, 0.5) is 11.4 Å². The Hall–Kier alpha value is -2.96. The lowest BCUT2D eigenvalue weighted by molar-refractivity contribution is -0.384. The molecular weight excluding hydrogens is 332 g/mol. The van der Waals surface area contributed by atoms with Crippen LogP contribution in [0.2, 0.25) is 0 Å². The van der Waals surface area contributed by atoms with Crippen LogP contribution in [-0.4, -0.2) is 19.9 Å². The summed E-state index contributed by atoms with van der Waals surface area (Å²) in [6.45, 7) is 0.404. The molecule has 24 heavy (non-hydrogen) atoms. The van der Waals surface area contributed by atoms with Crippen molar-refractivity contribution in [2.75, 3.05) is 11.9 Å². The van der Waals surface area contributed by atoms with Gasteiger partial charge in [-0.25, -0.2) is 13.6 Å². The number of nitro groups is 1. The number of sulfonamides is 1. The number of hydrogen-bond acceptors (Lipinski definition) is 6. The van der Waals surface area contributed by atoms with Gasteiger partial charge in [0.25, 0.3) is 5.69 Å². The second-order valence-electron chi connectivity index (χ2n) is 4.97. The standard InChI is InChI=1S/C15H14N4O4S/c16-10-12-3-6-14(15(9-12)19(20)21)18-8-7-11-1-4-13(5-2-11)24(17,22)23/h1-6,9,18H,7-8H2,(H2,17,22,23). The molecule has 2 rings (SSSR count). The lowest BCUT2D eigenvalue weighted by atomic mass is 10.1. The summed E-state index contributed by atoms with van der Waals surface area (Å²) in [7, 11) is -3.72. The molecule has 3 N–H and O–H groups in total. The topological polar surface area (TPSA) is 139 Å². The summed E-state index contributed by atoms with van der Waals surface area (Å²) in [4.78, 5) is 10.5. The highest BCUT2D eigenvalue weighted by atomic mass is 32.2. The fourth-order valence-corrected chi connectivity index (χ4v) is 2.60. The summed E-state index contributed by atoms with van der Waals surface area (Å²) >= 11 is 0. The fourth-order valence-electron chi connectivity index (χ4n) is 2.09. The van der Waals surface area contributed by atoms with E-state index in [2.05, 4.69) is 5.32 Å². The Kier molecular flexibility index (Phi) is 5.13. The third-order valence-corrected chi connectivity index (χ3v) is 4.23. The lowest BCUT2D eigenvalue weighted by Gasteiger charge is -2.08. The first kappa shape index (κ1) is 17.4. The average Bonchev–Trinajstić information content (AvgIpc) is 2.54. The molecule has 2 aromatic carbocycles. The Balaban J connectivity index is 2.05. The number of primary sulfonamides is 1. The van der Waals surface area contributed by atoms with Gasteiger partial charge in [0.05, 0.1) is 21.5 Å². The molecule has 0 aliphatic heterocycles. The van der Waals surface area contributed by atoms with Gasteiger partial charge in [-0.05, 0) is 36.2 Å². The summed E-state index contributed by atoms with van der Waals surface area (Å²) in [5.41, 5.74) is 1.22. The van der Waals surface area contributed by atoms with E-state index in [1.807, 2.05) is 6.07 Å². The quantitative estimate of drug-likeness (QED) is 0.603. The monoisotopic (exact) mass is 346 g/mol. The van der Waals surface area contributed by atoms with Crippen LogP contribution in [0.5, 0.6) is 0 Å². The Bertz CT molecular complexity index is 902. The van der Waals surface area contributed by atoms with Crippen LogP contribution in [0.15, 0.2) is 47.4 Å². The summed E-state index contributed by atoms with van der Waals surface area (Å²) in [6.07, 6.45) is 0.530. The van der Waals surface area contributed by atoms with E-state index in [4.69, 9.17) is 10.4 Å². The first-order valence-corrected chi connectivity index (χ1v) is 8.40. The Labute approximate surface area is 138 Å². The summed E-state index contributed by atoms with van der Waals surface area (Å²) in [5.74, 6) is 0. The maximum atomic E-state index is 11.2. The number of benzene rings is 2. The van der Waals surface area contributed by atoms with Gasteiger partial charge in [0.15, 0.2) is 0 Å². The van der Waals surface area contributed by atoms with Crippen molar-refractivity contribution in [2.24, 2.45) is 5.14 Å². The highest BCUT2D eigenvalue weighted by Gasteiger charge is 2.14. The maximum absolute atomic E-state index is 11.2. The van der Waals surface area contributed by atoms with Gasteiger partial charge in [-0.2, -0.15) is 5.26 Å². The van der Waals surface area contributed by atoms with Gasteiger partial charge in [0.2, 0.25) is 10.0 Å². The van der Waals surface area contributed by atoms with Crippen LogP contribution >= 0.6 is 0 Å². The molecule has 9 heteroatoms. The number of nitrogens with zero attached hydrogens (tertiary/aromatic N) is 2. The third-order valence-electron chi connectivity index (χ3n) is 3.30. The van der Waals surface area contributed by atoms with E-state index < -0.39 is 14.9 Å². The van der Waals surface area contributed by atoms with Crippen LogP contribution in [0.1, 0.15) is 11.1 Å². The van der Waals surface area contributed by atoms with Crippen molar-refractivity contribution in [3.05, 3.63) is 63.7 Å². The molecule has 0 heterocycles. The van der Waals surface area contributed by atoms with Crippen molar-refractivity contribution in [2.45, 2.75) is 11.3 Å². The minimum Gasteiger partial charge on any atom is -0.379 e. The molecule has 124 valence electrons. The van der Waals surface area contributed by atoms with Gasteiger partial charge in [-0.15, -0.1) is 0 Å². The number of nitrogens with two attached hydrogens (primary N) is 1. The van der Waals surface area contributed by atoms with Crippen LogP contribution in [0, 0.1) is 21.4 Å². The summed E-state index contributed by atoms with van der Waals surface area (Å²) in [5, 5.41) is 27.8. The van der Waals surface area contributed by atoms with Gasteiger partial charge < -0.3 is 5.32 Å². The van der Waals surface area contributed by atoms with Crippen molar-refractivity contribution < 1.29 is 13.3 Å². The highest BCUT2D eigenvalue weighted by Crippen LogP contribution is 2.25. The molecule has 0 aliphatic rings. The zero-order valence-electron chi connectivity index (χ0n) is 12.5. The van der Waals surface area contributed by atoms with E-state index in [1.54, 1.807) is 12.1 Å². The molecule has 0 saturated heterocycles. The van der Waals surface area contributed by atoms with Gasteiger partial charge in [0, 0.05) is 12.6 Å². The lowest BCUT2D eigenvalue weighted by Crippen LogP contribution is -2.12. The first-order valence-electron chi connectivity index (χ1n) is 6.85. The van der Waals surface area contributed by atoms with Crippen LogP contribution < -0.4 is 10.5 Å². The highest BCUT2D eigenvalue weighted by molar-refractivity contribution is 7.89. The minimum absolute atomic E-state index is 0.0296. The largest absolute Gasteiger partial charge is 0.379 e. The smallest absolute Gasteiger partial charge is 0.293 e. The van der Waals surface area contributed by atoms with E-state index in [1.165, 1.54) is 30.3 Å². The molecule has 0 aromatic heterocycles. The van der Waals surface area contributed by atoms with E-state index in [-0.39, 0.29) is 16.1 Å². The summed E-state index contributed by atoms with van der Waals surface area (Å²) < 4.78 is 22.4. The van der Waals surface area contributed by atoms with Crippen molar-refractivity contribution >= 4 is 21.4 Å². The normalized spacial score (nSPS) is 10.8. The number of nitro benzene ring substituents is 1. The molecule has 0 fully saturated rings. The second-order valence-corrected chi connectivity index (χ2v) is 6.53. The minimum atomic E-state index is -3.72. The van der Waals surface area contributed by atoms with Crippen molar-refractivity contribution in [1.29, 1.82) is 5.26 Å². The molecule has 0 radical (unpaired) electrons. The maximum Gasteiger partial charge on any atom is 0.293 e. The van der Waals surface area contributed by atoms with Crippen LogP contribution in [0.3, 0.4) is 0 Å². The Morgan fingerprint density at radius 2 is 1.88 bits per heavy atom. The van der Waals surface area contributed by atoms with Crippen molar-refractivity contribution in [3.8, 4) is 6.07 Å². The molecule has 0 saturated carbocycles.